The molecule has 32 heavy (non-hydrogen) atoms. The van der Waals surface area contributed by atoms with Crippen LogP contribution in [0.25, 0.3) is 0 Å². The number of nitrogens with zero attached hydrogens (tertiary/aromatic N) is 3. The van der Waals surface area contributed by atoms with E-state index in [1.807, 2.05) is 32.0 Å². The number of benzene rings is 1. The van der Waals surface area contributed by atoms with Gasteiger partial charge in [0.25, 0.3) is 5.91 Å². The average Bonchev–Trinajstić information content (AvgIpc) is 3.18. The Morgan fingerprint density at radius 3 is 2.69 bits per heavy atom. The lowest BCUT2D eigenvalue weighted by Gasteiger charge is -2.43. The Balaban J connectivity index is 2.06. The molecule has 0 radical (unpaired) electrons. The Morgan fingerprint density at radius 1 is 1.25 bits per heavy atom. The number of fused-ring (bicyclic) bond motifs is 1. The average molecular weight is 443 g/mol. The van der Waals surface area contributed by atoms with Crippen LogP contribution in [-0.4, -0.2) is 60.0 Å². The summed E-state index contributed by atoms with van der Waals surface area (Å²) in [4.78, 5) is 40.8. The molecule has 0 spiro atoms. The van der Waals surface area contributed by atoms with E-state index in [0.29, 0.717) is 25.3 Å². The summed E-state index contributed by atoms with van der Waals surface area (Å²) >= 11 is 0. The number of carbonyl (C=O) groups excluding carboxylic acids is 3. The molecule has 0 fully saturated rings. The Kier molecular flexibility index (Phi) is 6.98. The number of methoxy groups -OCH3 is 1. The zero-order chi connectivity index (χ0) is 23.5. The molecule has 3 rings (SSSR count). The molecule has 2 heterocycles. The summed E-state index contributed by atoms with van der Waals surface area (Å²) < 4.78 is 11.5. The molecule has 2 amide bonds. The molecule has 1 aliphatic heterocycles. The SMILES string of the molecule is CCOC(=O)c1cc2n(n1)CC(C)(C(=O)NCCCOC)N(c1cc(C)ccc1C)C2=O. The lowest BCUT2D eigenvalue weighted by atomic mass is 9.92. The molecule has 0 bridgehead atoms. The van der Waals surface area contributed by atoms with Crippen LogP contribution < -0.4 is 10.2 Å². The Hall–Kier alpha value is -3.20. The molecule has 0 saturated heterocycles. The van der Waals surface area contributed by atoms with Crippen LogP contribution in [0.3, 0.4) is 0 Å². The maximum atomic E-state index is 13.7. The van der Waals surface area contributed by atoms with E-state index < -0.39 is 17.4 Å². The second-order valence-electron chi connectivity index (χ2n) is 8.10. The number of hydrogen-bond acceptors (Lipinski definition) is 6. The molecular formula is C23H30N4O5. The minimum Gasteiger partial charge on any atom is -0.461 e. The number of carbonyl (C=O) groups is 3. The van der Waals surface area contributed by atoms with Gasteiger partial charge in [-0.2, -0.15) is 5.10 Å². The number of aromatic nitrogens is 2. The van der Waals surface area contributed by atoms with Crippen molar-refractivity contribution < 1.29 is 23.9 Å². The summed E-state index contributed by atoms with van der Waals surface area (Å²) in [5, 5.41) is 7.19. The largest absolute Gasteiger partial charge is 0.461 e. The molecule has 1 atom stereocenters. The smallest absolute Gasteiger partial charge is 0.358 e. The van der Waals surface area contributed by atoms with Gasteiger partial charge in [-0.1, -0.05) is 12.1 Å². The molecule has 2 aromatic rings. The number of nitrogens with one attached hydrogen (secondary N) is 1. The maximum absolute atomic E-state index is 13.7. The van der Waals surface area contributed by atoms with E-state index in [1.54, 1.807) is 21.0 Å². The summed E-state index contributed by atoms with van der Waals surface area (Å²) in [6.07, 6.45) is 0.649. The highest BCUT2D eigenvalue weighted by atomic mass is 16.5. The van der Waals surface area contributed by atoms with Crippen LogP contribution in [0.2, 0.25) is 0 Å². The first-order chi connectivity index (χ1) is 15.2. The number of rotatable bonds is 8. The Bertz CT molecular complexity index is 1030. The fourth-order valence-electron chi connectivity index (χ4n) is 3.83. The first kappa shape index (κ1) is 23.5. The Morgan fingerprint density at radius 2 is 2.00 bits per heavy atom. The van der Waals surface area contributed by atoms with Crippen molar-refractivity contribution in [1.82, 2.24) is 15.1 Å². The van der Waals surface area contributed by atoms with Crippen molar-refractivity contribution in [3.8, 4) is 0 Å². The predicted molar refractivity (Wildman–Crippen MR) is 119 cm³/mol. The highest BCUT2D eigenvalue weighted by molar-refractivity contribution is 6.12. The lowest BCUT2D eigenvalue weighted by Crippen LogP contribution is -2.64. The normalized spacial score (nSPS) is 17.8. The van der Waals surface area contributed by atoms with Gasteiger partial charge in [0.1, 0.15) is 11.2 Å². The van der Waals surface area contributed by atoms with E-state index >= 15 is 0 Å². The van der Waals surface area contributed by atoms with Gasteiger partial charge in [-0.3, -0.25) is 19.2 Å². The molecular weight excluding hydrogens is 412 g/mol. The van der Waals surface area contributed by atoms with E-state index in [9.17, 15) is 14.4 Å². The number of amides is 2. The standard InChI is InChI=1S/C23H30N4O5/c1-6-32-21(29)17-13-19-20(28)27(18-12-15(2)8-9-16(18)3)23(4,14-26(19)25-17)22(30)24-10-7-11-31-5/h8-9,12-13H,6-7,10-11,14H2,1-5H3,(H,24,30). The first-order valence-corrected chi connectivity index (χ1v) is 10.7. The molecule has 1 aliphatic rings. The fraction of sp³-hybridized carbons (Fsp3) is 0.478. The van der Waals surface area contributed by atoms with Crippen LogP contribution in [0.15, 0.2) is 24.3 Å². The number of esters is 1. The van der Waals surface area contributed by atoms with Crippen molar-refractivity contribution in [3.05, 3.63) is 46.8 Å². The van der Waals surface area contributed by atoms with Crippen molar-refractivity contribution in [2.75, 3.05) is 31.8 Å². The van der Waals surface area contributed by atoms with E-state index in [2.05, 4.69) is 10.4 Å². The van der Waals surface area contributed by atoms with Gasteiger partial charge in [0.2, 0.25) is 5.91 Å². The molecule has 1 aromatic carbocycles. The first-order valence-electron chi connectivity index (χ1n) is 10.7. The molecule has 0 aliphatic carbocycles. The second kappa shape index (κ2) is 9.52. The highest BCUT2D eigenvalue weighted by Crippen LogP contribution is 2.35. The Labute approximate surface area is 187 Å². The molecule has 1 N–H and O–H groups in total. The monoisotopic (exact) mass is 442 g/mol. The van der Waals surface area contributed by atoms with Gasteiger partial charge < -0.3 is 14.8 Å². The summed E-state index contributed by atoms with van der Waals surface area (Å²) in [7, 11) is 1.60. The van der Waals surface area contributed by atoms with E-state index in [1.165, 1.54) is 15.6 Å². The van der Waals surface area contributed by atoms with Gasteiger partial charge >= 0.3 is 5.97 Å². The number of hydrogen-bond donors (Lipinski definition) is 1. The third-order valence-electron chi connectivity index (χ3n) is 5.54. The minimum absolute atomic E-state index is 0.0425. The molecule has 9 heteroatoms. The van der Waals surface area contributed by atoms with Crippen molar-refractivity contribution >= 4 is 23.5 Å². The topological polar surface area (TPSA) is 103 Å². The summed E-state index contributed by atoms with van der Waals surface area (Å²) in [5.41, 5.74) is 1.50. The van der Waals surface area contributed by atoms with Gasteiger partial charge in [-0.15, -0.1) is 0 Å². The van der Waals surface area contributed by atoms with Crippen molar-refractivity contribution in [1.29, 1.82) is 0 Å². The summed E-state index contributed by atoms with van der Waals surface area (Å²) in [5.74, 6) is -1.31. The quantitative estimate of drug-likeness (QED) is 0.497. The van der Waals surface area contributed by atoms with Gasteiger partial charge in [0, 0.05) is 32.0 Å². The number of ether oxygens (including phenoxy) is 2. The molecule has 9 nitrogen and oxygen atoms in total. The van der Waals surface area contributed by atoms with Gasteiger partial charge in [-0.25, -0.2) is 4.79 Å². The molecule has 1 unspecified atom stereocenters. The zero-order valence-corrected chi connectivity index (χ0v) is 19.2. The third-order valence-corrected chi connectivity index (χ3v) is 5.54. The van der Waals surface area contributed by atoms with E-state index in [-0.39, 0.29) is 30.4 Å². The van der Waals surface area contributed by atoms with Gasteiger partial charge in [0.05, 0.1) is 13.2 Å². The van der Waals surface area contributed by atoms with Crippen LogP contribution in [0, 0.1) is 13.8 Å². The zero-order valence-electron chi connectivity index (χ0n) is 19.2. The molecule has 172 valence electrons. The third kappa shape index (κ3) is 4.38. The molecule has 1 aromatic heterocycles. The van der Waals surface area contributed by atoms with Crippen LogP contribution >= 0.6 is 0 Å². The van der Waals surface area contributed by atoms with Crippen LogP contribution in [0.4, 0.5) is 5.69 Å². The summed E-state index contributed by atoms with van der Waals surface area (Å²) in [6.45, 7) is 8.47. The van der Waals surface area contributed by atoms with Gasteiger partial charge in [-0.05, 0) is 51.3 Å². The van der Waals surface area contributed by atoms with Crippen LogP contribution in [0.1, 0.15) is 52.4 Å². The van der Waals surface area contributed by atoms with Crippen molar-refractivity contribution in [3.63, 3.8) is 0 Å². The minimum atomic E-state index is -1.26. The lowest BCUT2D eigenvalue weighted by molar-refractivity contribution is -0.126. The molecule has 0 saturated carbocycles. The highest BCUT2D eigenvalue weighted by Gasteiger charge is 2.49. The number of anilines is 1. The van der Waals surface area contributed by atoms with E-state index in [0.717, 1.165) is 11.1 Å². The van der Waals surface area contributed by atoms with Crippen molar-refractivity contribution in [2.45, 2.75) is 46.2 Å². The van der Waals surface area contributed by atoms with Crippen LogP contribution in [0.5, 0.6) is 0 Å². The van der Waals surface area contributed by atoms with Crippen LogP contribution in [-0.2, 0) is 20.8 Å². The fourth-order valence-corrected chi connectivity index (χ4v) is 3.83. The van der Waals surface area contributed by atoms with E-state index in [4.69, 9.17) is 9.47 Å². The summed E-state index contributed by atoms with van der Waals surface area (Å²) in [6, 6.07) is 7.19. The second-order valence-corrected chi connectivity index (χ2v) is 8.10. The maximum Gasteiger partial charge on any atom is 0.358 e. The predicted octanol–water partition coefficient (Wildman–Crippen LogP) is 2.25. The number of aryl methyl sites for hydroxylation is 2. The van der Waals surface area contributed by atoms with Crippen molar-refractivity contribution in [2.24, 2.45) is 0 Å². The van der Waals surface area contributed by atoms with Gasteiger partial charge in [0.15, 0.2) is 5.69 Å².